The summed E-state index contributed by atoms with van der Waals surface area (Å²) < 4.78 is 0. The Labute approximate surface area is 69.0 Å². The van der Waals surface area contributed by atoms with Gasteiger partial charge in [0, 0.05) is 25.7 Å². The summed E-state index contributed by atoms with van der Waals surface area (Å²) in [4.78, 5) is 2.66. The molecule has 11 heavy (non-hydrogen) atoms. The minimum absolute atomic E-state index is 0.881. The molecule has 2 rings (SSSR count). The molecule has 0 aromatic heterocycles. The topological polar surface area (TPSA) is 15.3 Å². The van der Waals surface area contributed by atoms with Crippen molar-refractivity contribution in [3.8, 4) is 0 Å². The molecule has 2 heterocycles. The zero-order valence-corrected chi connectivity index (χ0v) is 7.34. The zero-order valence-electron chi connectivity index (χ0n) is 7.34. The molecule has 0 unspecified atom stereocenters. The molecule has 0 amide bonds. The van der Waals surface area contributed by atoms with Crippen molar-refractivity contribution in [2.75, 3.05) is 26.2 Å². The van der Waals surface area contributed by atoms with Gasteiger partial charge in [-0.3, -0.25) is 4.90 Å². The van der Waals surface area contributed by atoms with Crippen LogP contribution in [-0.2, 0) is 0 Å². The van der Waals surface area contributed by atoms with Crippen LogP contribution >= 0.6 is 0 Å². The maximum absolute atomic E-state index is 3.33. The monoisotopic (exact) mass is 154 g/mol. The molecule has 0 aromatic rings. The molecule has 2 fully saturated rings. The third-order valence-electron chi connectivity index (χ3n) is 3.17. The minimum atomic E-state index is 0.881. The summed E-state index contributed by atoms with van der Waals surface area (Å²) in [6.45, 7) is 7.49. The van der Waals surface area contributed by atoms with Crippen molar-refractivity contribution in [1.29, 1.82) is 0 Å². The van der Waals surface area contributed by atoms with E-state index in [1.807, 2.05) is 0 Å². The third kappa shape index (κ3) is 1.42. The lowest BCUT2D eigenvalue weighted by Crippen LogP contribution is -2.56. The molecule has 0 saturated carbocycles. The summed E-state index contributed by atoms with van der Waals surface area (Å²) in [5.74, 6) is 0.996. The Hall–Kier alpha value is -0.0800. The van der Waals surface area contributed by atoms with Gasteiger partial charge in [-0.2, -0.15) is 0 Å². The Morgan fingerprint density at radius 2 is 2.27 bits per heavy atom. The molecule has 0 aromatic carbocycles. The molecule has 0 radical (unpaired) electrons. The SMILES string of the molecule is CC[C@H]1CCN(C2CNC2)C1. The van der Waals surface area contributed by atoms with Crippen LogP contribution in [0.15, 0.2) is 0 Å². The van der Waals surface area contributed by atoms with E-state index in [0.717, 1.165) is 12.0 Å². The third-order valence-corrected chi connectivity index (χ3v) is 3.17. The van der Waals surface area contributed by atoms with Crippen LogP contribution in [-0.4, -0.2) is 37.1 Å². The Kier molecular flexibility index (Phi) is 2.14. The average Bonchev–Trinajstić information content (AvgIpc) is 2.32. The van der Waals surface area contributed by atoms with Gasteiger partial charge in [-0.05, 0) is 18.9 Å². The number of hydrogen-bond donors (Lipinski definition) is 1. The fraction of sp³-hybridized carbons (Fsp3) is 1.00. The number of likely N-dealkylation sites (tertiary alicyclic amines) is 1. The summed E-state index contributed by atoms with van der Waals surface area (Å²) in [6.07, 6.45) is 2.81. The molecule has 1 atom stereocenters. The molecule has 2 nitrogen and oxygen atoms in total. The van der Waals surface area contributed by atoms with Gasteiger partial charge >= 0.3 is 0 Å². The van der Waals surface area contributed by atoms with E-state index in [4.69, 9.17) is 0 Å². The normalized spacial score (nSPS) is 34.1. The average molecular weight is 154 g/mol. The second-order valence-corrected chi connectivity index (χ2v) is 3.87. The highest BCUT2D eigenvalue weighted by molar-refractivity contribution is 4.88. The highest BCUT2D eigenvalue weighted by Crippen LogP contribution is 2.22. The van der Waals surface area contributed by atoms with Crippen LogP contribution in [0.2, 0.25) is 0 Å². The van der Waals surface area contributed by atoms with Crippen molar-refractivity contribution in [2.24, 2.45) is 5.92 Å². The number of rotatable bonds is 2. The van der Waals surface area contributed by atoms with Crippen molar-refractivity contribution in [3.63, 3.8) is 0 Å². The summed E-state index contributed by atoms with van der Waals surface area (Å²) in [7, 11) is 0. The number of hydrogen-bond acceptors (Lipinski definition) is 2. The van der Waals surface area contributed by atoms with E-state index in [9.17, 15) is 0 Å². The summed E-state index contributed by atoms with van der Waals surface area (Å²) in [5.41, 5.74) is 0. The molecule has 0 aliphatic carbocycles. The van der Waals surface area contributed by atoms with Gasteiger partial charge in [-0.15, -0.1) is 0 Å². The summed E-state index contributed by atoms with van der Waals surface area (Å²) >= 11 is 0. The molecule has 2 heteroatoms. The fourth-order valence-corrected chi connectivity index (χ4v) is 2.06. The quantitative estimate of drug-likeness (QED) is 0.629. The van der Waals surface area contributed by atoms with Crippen molar-refractivity contribution in [1.82, 2.24) is 10.2 Å². The molecular weight excluding hydrogens is 136 g/mol. The van der Waals surface area contributed by atoms with Gasteiger partial charge in [0.2, 0.25) is 0 Å². The van der Waals surface area contributed by atoms with Gasteiger partial charge in [0.05, 0.1) is 0 Å². The van der Waals surface area contributed by atoms with Gasteiger partial charge in [0.15, 0.2) is 0 Å². The molecule has 0 spiro atoms. The Morgan fingerprint density at radius 3 is 2.73 bits per heavy atom. The maximum Gasteiger partial charge on any atom is 0.0345 e. The molecule has 64 valence electrons. The Bertz CT molecular complexity index is 132. The highest BCUT2D eigenvalue weighted by Gasteiger charge is 2.30. The van der Waals surface area contributed by atoms with Crippen LogP contribution in [0.25, 0.3) is 0 Å². The molecule has 2 saturated heterocycles. The van der Waals surface area contributed by atoms with Crippen molar-refractivity contribution in [2.45, 2.75) is 25.8 Å². The van der Waals surface area contributed by atoms with E-state index in [2.05, 4.69) is 17.1 Å². The van der Waals surface area contributed by atoms with Gasteiger partial charge in [0.25, 0.3) is 0 Å². The van der Waals surface area contributed by atoms with E-state index in [1.54, 1.807) is 0 Å². The largest absolute Gasteiger partial charge is 0.314 e. The maximum atomic E-state index is 3.33. The lowest BCUT2D eigenvalue weighted by molar-refractivity contribution is 0.173. The van der Waals surface area contributed by atoms with Gasteiger partial charge < -0.3 is 5.32 Å². The van der Waals surface area contributed by atoms with E-state index in [-0.39, 0.29) is 0 Å². The first kappa shape index (κ1) is 7.56. The van der Waals surface area contributed by atoms with Crippen LogP contribution < -0.4 is 5.32 Å². The molecule has 2 aliphatic rings. The van der Waals surface area contributed by atoms with Crippen LogP contribution in [0.4, 0.5) is 0 Å². The van der Waals surface area contributed by atoms with Gasteiger partial charge in [-0.1, -0.05) is 13.3 Å². The first-order valence-corrected chi connectivity index (χ1v) is 4.85. The second kappa shape index (κ2) is 3.11. The Balaban J connectivity index is 1.79. The number of nitrogens with zero attached hydrogens (tertiary/aromatic N) is 1. The summed E-state index contributed by atoms with van der Waals surface area (Å²) in [5, 5.41) is 3.33. The van der Waals surface area contributed by atoms with Crippen LogP contribution in [0.5, 0.6) is 0 Å². The van der Waals surface area contributed by atoms with Crippen molar-refractivity contribution < 1.29 is 0 Å². The Morgan fingerprint density at radius 1 is 1.45 bits per heavy atom. The molecule has 0 bridgehead atoms. The lowest BCUT2D eigenvalue weighted by Gasteiger charge is -2.35. The predicted octanol–water partition coefficient (Wildman–Crippen LogP) is 0.690. The van der Waals surface area contributed by atoms with Gasteiger partial charge in [0.1, 0.15) is 0 Å². The van der Waals surface area contributed by atoms with E-state index in [1.165, 1.54) is 39.0 Å². The standard InChI is InChI=1S/C9H18N2/c1-2-8-3-4-11(7-8)9-5-10-6-9/h8-10H,2-7H2,1H3/t8-/m0/s1. The predicted molar refractivity (Wildman–Crippen MR) is 46.6 cm³/mol. The van der Waals surface area contributed by atoms with Crippen molar-refractivity contribution >= 4 is 0 Å². The van der Waals surface area contributed by atoms with E-state index >= 15 is 0 Å². The smallest absolute Gasteiger partial charge is 0.0345 e. The van der Waals surface area contributed by atoms with Crippen LogP contribution in [0, 0.1) is 5.92 Å². The highest BCUT2D eigenvalue weighted by atomic mass is 15.2. The first-order valence-electron chi connectivity index (χ1n) is 4.85. The minimum Gasteiger partial charge on any atom is -0.314 e. The molecule has 2 aliphatic heterocycles. The van der Waals surface area contributed by atoms with E-state index in [0.29, 0.717) is 0 Å². The summed E-state index contributed by atoms with van der Waals surface area (Å²) in [6, 6.07) is 0.881. The molecular formula is C9H18N2. The molecule has 1 N–H and O–H groups in total. The zero-order chi connectivity index (χ0) is 7.68. The van der Waals surface area contributed by atoms with Crippen LogP contribution in [0.1, 0.15) is 19.8 Å². The lowest BCUT2D eigenvalue weighted by atomic mass is 10.1. The van der Waals surface area contributed by atoms with E-state index < -0.39 is 0 Å². The fourth-order valence-electron chi connectivity index (χ4n) is 2.06. The second-order valence-electron chi connectivity index (χ2n) is 3.87. The van der Waals surface area contributed by atoms with Crippen LogP contribution in [0.3, 0.4) is 0 Å². The first-order chi connectivity index (χ1) is 5.40. The van der Waals surface area contributed by atoms with Crippen molar-refractivity contribution in [3.05, 3.63) is 0 Å². The van der Waals surface area contributed by atoms with Gasteiger partial charge in [-0.25, -0.2) is 0 Å². The number of nitrogens with one attached hydrogen (secondary N) is 1.